The molecule has 6 rings (SSSR count). The molecule has 26 heavy (non-hydrogen) atoms. The minimum absolute atomic E-state index is 0.147. The Morgan fingerprint density at radius 1 is 1.04 bits per heavy atom. The van der Waals surface area contributed by atoms with E-state index < -0.39 is 0 Å². The molecule has 4 atom stereocenters. The van der Waals surface area contributed by atoms with Gasteiger partial charge in [0.05, 0.1) is 5.41 Å². The first-order valence-electron chi connectivity index (χ1n) is 10.6. The number of nitrogens with two attached hydrogens (primary N) is 1. The molecule has 0 spiro atoms. The average Bonchev–Trinajstić information content (AvgIpc) is 2.95. The van der Waals surface area contributed by atoms with E-state index in [9.17, 15) is 4.79 Å². The van der Waals surface area contributed by atoms with E-state index in [0.29, 0.717) is 23.9 Å². The molecular weight excluding hydrogens is 320 g/mol. The van der Waals surface area contributed by atoms with Crippen molar-refractivity contribution < 1.29 is 4.79 Å². The Labute approximate surface area is 157 Å². The second-order valence-electron chi connectivity index (χ2n) is 10.2. The Morgan fingerprint density at radius 2 is 1.77 bits per heavy atom. The van der Waals surface area contributed by atoms with Crippen LogP contribution in [0.15, 0.2) is 30.3 Å². The van der Waals surface area contributed by atoms with Crippen molar-refractivity contribution in [2.24, 2.45) is 22.5 Å². The standard InChI is InChI=1S/C23H32N2O/c1-21-11-16-12-22(14-21,17-5-3-2-4-6-17)15-23(21,13-16)20(26)25-19-9-7-18(24)8-10-19/h2-6,16,18-19H,7-15,24H2,1H3,(H,25,26)/t16?,18-,19+,21-,22-,23?/m1/s1. The molecular formula is C23H32N2O. The summed E-state index contributed by atoms with van der Waals surface area (Å²) in [6.45, 7) is 2.41. The number of benzene rings is 1. The topological polar surface area (TPSA) is 55.1 Å². The van der Waals surface area contributed by atoms with Crippen molar-refractivity contribution in [3.05, 3.63) is 35.9 Å². The van der Waals surface area contributed by atoms with Gasteiger partial charge in [0.15, 0.2) is 0 Å². The van der Waals surface area contributed by atoms with Gasteiger partial charge in [-0.05, 0) is 80.1 Å². The van der Waals surface area contributed by atoms with E-state index in [2.05, 4.69) is 42.6 Å². The second-order valence-corrected chi connectivity index (χ2v) is 10.2. The Bertz CT molecular complexity index is 710. The molecule has 0 aliphatic heterocycles. The molecule has 5 fully saturated rings. The summed E-state index contributed by atoms with van der Waals surface area (Å²) in [6.07, 6.45) is 10.1. The molecule has 3 heteroatoms. The molecule has 5 saturated carbocycles. The number of nitrogens with one attached hydrogen (secondary N) is 1. The number of hydrogen-bond acceptors (Lipinski definition) is 2. The number of hydrogen-bond donors (Lipinski definition) is 2. The molecule has 1 aromatic carbocycles. The molecule has 0 saturated heterocycles. The van der Waals surface area contributed by atoms with E-state index in [0.717, 1.165) is 38.5 Å². The lowest BCUT2D eigenvalue weighted by Gasteiger charge is -2.41. The number of amides is 1. The molecule has 0 aromatic heterocycles. The van der Waals surface area contributed by atoms with Gasteiger partial charge in [-0.1, -0.05) is 37.3 Å². The maximum Gasteiger partial charge on any atom is 0.227 e. The molecule has 3 N–H and O–H groups in total. The maximum absolute atomic E-state index is 13.6. The van der Waals surface area contributed by atoms with Gasteiger partial charge in [0, 0.05) is 12.1 Å². The highest BCUT2D eigenvalue weighted by atomic mass is 16.2. The summed E-state index contributed by atoms with van der Waals surface area (Å²) >= 11 is 0. The normalized spacial score (nSPS) is 46.5. The Hall–Kier alpha value is -1.35. The van der Waals surface area contributed by atoms with Gasteiger partial charge in [-0.2, -0.15) is 0 Å². The largest absolute Gasteiger partial charge is 0.353 e. The lowest BCUT2D eigenvalue weighted by molar-refractivity contribution is -0.136. The van der Waals surface area contributed by atoms with Crippen LogP contribution < -0.4 is 11.1 Å². The fourth-order valence-corrected chi connectivity index (χ4v) is 7.55. The first-order valence-corrected chi connectivity index (χ1v) is 10.6. The quantitative estimate of drug-likeness (QED) is 0.866. The van der Waals surface area contributed by atoms with Gasteiger partial charge < -0.3 is 11.1 Å². The SMILES string of the molecule is C[C@]12CC3CC1(C(=O)N[C@H]1CC[C@@H](N)CC1)C[C@@](c1ccccc1)(C3)C2. The molecule has 3 nitrogen and oxygen atoms in total. The fraction of sp³-hybridized carbons (Fsp3) is 0.696. The van der Waals surface area contributed by atoms with Crippen molar-refractivity contribution in [2.75, 3.05) is 0 Å². The van der Waals surface area contributed by atoms with Gasteiger partial charge in [0.1, 0.15) is 0 Å². The van der Waals surface area contributed by atoms with Crippen LogP contribution >= 0.6 is 0 Å². The molecule has 1 aromatic rings. The Morgan fingerprint density at radius 3 is 2.50 bits per heavy atom. The third-order valence-corrected chi connectivity index (χ3v) is 8.51. The zero-order chi connectivity index (χ0) is 18.0. The predicted molar refractivity (Wildman–Crippen MR) is 104 cm³/mol. The van der Waals surface area contributed by atoms with Crippen molar-refractivity contribution in [3.8, 4) is 0 Å². The maximum atomic E-state index is 13.6. The predicted octanol–water partition coefficient (Wildman–Crippen LogP) is 3.91. The van der Waals surface area contributed by atoms with E-state index in [1.807, 2.05) is 0 Å². The van der Waals surface area contributed by atoms with Gasteiger partial charge in [0.2, 0.25) is 5.91 Å². The van der Waals surface area contributed by atoms with Gasteiger partial charge in [-0.25, -0.2) is 0 Å². The zero-order valence-corrected chi connectivity index (χ0v) is 16.0. The first-order chi connectivity index (χ1) is 12.4. The van der Waals surface area contributed by atoms with Crippen molar-refractivity contribution in [1.82, 2.24) is 5.32 Å². The molecule has 5 aliphatic carbocycles. The first kappa shape index (κ1) is 16.8. The minimum atomic E-state index is -0.147. The van der Waals surface area contributed by atoms with Crippen LogP contribution in [-0.2, 0) is 10.2 Å². The summed E-state index contributed by atoms with van der Waals surface area (Å²) in [4.78, 5) is 13.6. The summed E-state index contributed by atoms with van der Waals surface area (Å²) in [5.41, 5.74) is 7.76. The molecule has 5 aliphatic rings. The van der Waals surface area contributed by atoms with Crippen LogP contribution in [0.3, 0.4) is 0 Å². The summed E-state index contributed by atoms with van der Waals surface area (Å²) in [6, 6.07) is 11.7. The molecule has 4 bridgehead atoms. The van der Waals surface area contributed by atoms with E-state index in [-0.39, 0.29) is 16.2 Å². The molecule has 140 valence electrons. The average molecular weight is 353 g/mol. The summed E-state index contributed by atoms with van der Waals surface area (Å²) < 4.78 is 0. The third kappa shape index (κ3) is 2.25. The highest BCUT2D eigenvalue weighted by molar-refractivity contribution is 5.85. The summed E-state index contributed by atoms with van der Waals surface area (Å²) in [7, 11) is 0. The lowest BCUT2D eigenvalue weighted by Crippen LogP contribution is -2.50. The Kier molecular flexibility index (Phi) is 3.60. The van der Waals surface area contributed by atoms with Gasteiger partial charge in [0.25, 0.3) is 0 Å². The van der Waals surface area contributed by atoms with Gasteiger partial charge in [-0.3, -0.25) is 4.79 Å². The third-order valence-electron chi connectivity index (χ3n) is 8.51. The smallest absolute Gasteiger partial charge is 0.227 e. The van der Waals surface area contributed by atoms with Crippen LogP contribution in [0.2, 0.25) is 0 Å². The second kappa shape index (κ2) is 5.58. The molecule has 2 unspecified atom stereocenters. The molecule has 1 amide bonds. The number of carbonyl (C=O) groups is 1. The number of carbonyl (C=O) groups excluding carboxylic acids is 1. The van der Waals surface area contributed by atoms with E-state index in [1.165, 1.54) is 24.8 Å². The minimum Gasteiger partial charge on any atom is -0.353 e. The highest BCUT2D eigenvalue weighted by Crippen LogP contribution is 2.76. The summed E-state index contributed by atoms with van der Waals surface area (Å²) in [5, 5.41) is 3.48. The van der Waals surface area contributed by atoms with E-state index in [4.69, 9.17) is 5.73 Å². The molecule has 0 heterocycles. The van der Waals surface area contributed by atoms with E-state index in [1.54, 1.807) is 0 Å². The van der Waals surface area contributed by atoms with Crippen LogP contribution in [0, 0.1) is 16.7 Å². The van der Waals surface area contributed by atoms with Crippen LogP contribution in [-0.4, -0.2) is 18.0 Å². The van der Waals surface area contributed by atoms with Crippen molar-refractivity contribution in [1.29, 1.82) is 0 Å². The van der Waals surface area contributed by atoms with Crippen molar-refractivity contribution >= 4 is 5.91 Å². The fourth-order valence-electron chi connectivity index (χ4n) is 7.55. The van der Waals surface area contributed by atoms with Crippen molar-refractivity contribution in [3.63, 3.8) is 0 Å². The Balaban J connectivity index is 1.43. The monoisotopic (exact) mass is 352 g/mol. The number of rotatable bonds is 3. The van der Waals surface area contributed by atoms with Crippen molar-refractivity contribution in [2.45, 2.75) is 82.2 Å². The highest BCUT2D eigenvalue weighted by Gasteiger charge is 2.72. The zero-order valence-electron chi connectivity index (χ0n) is 16.0. The van der Waals surface area contributed by atoms with Crippen LogP contribution in [0.1, 0.15) is 70.3 Å². The van der Waals surface area contributed by atoms with Crippen LogP contribution in [0.5, 0.6) is 0 Å². The van der Waals surface area contributed by atoms with Gasteiger partial charge in [-0.15, -0.1) is 0 Å². The van der Waals surface area contributed by atoms with E-state index >= 15 is 0 Å². The lowest BCUT2D eigenvalue weighted by atomic mass is 9.63. The van der Waals surface area contributed by atoms with Gasteiger partial charge >= 0.3 is 0 Å². The van der Waals surface area contributed by atoms with Crippen LogP contribution in [0.25, 0.3) is 0 Å². The van der Waals surface area contributed by atoms with Crippen LogP contribution in [0.4, 0.5) is 0 Å². The summed E-state index contributed by atoms with van der Waals surface area (Å²) in [5.74, 6) is 1.08. The molecule has 0 radical (unpaired) electrons.